The van der Waals surface area contributed by atoms with Crippen LogP contribution in [0.5, 0.6) is 0 Å². The van der Waals surface area contributed by atoms with Gasteiger partial charge in [0.1, 0.15) is 0 Å². The summed E-state index contributed by atoms with van der Waals surface area (Å²) in [5, 5.41) is 10.0. The van der Waals surface area contributed by atoms with Crippen LogP contribution in [0.3, 0.4) is 0 Å². The van der Waals surface area contributed by atoms with E-state index in [1.165, 1.54) is 0 Å². The van der Waals surface area contributed by atoms with Gasteiger partial charge in [-0.25, -0.2) is 0 Å². The first-order valence-corrected chi connectivity index (χ1v) is 7.99. The minimum absolute atomic E-state index is 0.0564. The number of carbonyl (C=O) groups excluding carboxylic acids is 1. The number of amides is 1. The molecular weight excluding hydrogens is 374 g/mol. The van der Waals surface area contributed by atoms with Crippen molar-refractivity contribution in [2.75, 3.05) is 7.05 Å². The van der Waals surface area contributed by atoms with E-state index in [1.807, 2.05) is 12.1 Å². The van der Waals surface area contributed by atoms with Crippen LogP contribution in [-0.4, -0.2) is 35.1 Å². The molecule has 2 atom stereocenters. The molecule has 1 fully saturated rings. The quantitative estimate of drug-likeness (QED) is 0.838. The van der Waals surface area contributed by atoms with Crippen molar-refractivity contribution in [2.45, 2.75) is 37.8 Å². The standard InChI is InChI=1S/C14H17Br2NO2/c1-17(12-4-2-3-5-13(12)18)14(19)10-8-9(15)6-7-11(10)16/h6-8,12-13,18H,2-5H2,1H3. The van der Waals surface area contributed by atoms with Gasteiger partial charge in [0.05, 0.1) is 17.7 Å². The lowest BCUT2D eigenvalue weighted by Crippen LogP contribution is -2.46. The van der Waals surface area contributed by atoms with Gasteiger partial charge in [-0.1, -0.05) is 28.8 Å². The predicted octanol–water partition coefficient (Wildman–Crippen LogP) is 3.59. The van der Waals surface area contributed by atoms with E-state index in [2.05, 4.69) is 31.9 Å². The average molecular weight is 391 g/mol. The fourth-order valence-electron chi connectivity index (χ4n) is 2.55. The largest absolute Gasteiger partial charge is 0.391 e. The van der Waals surface area contributed by atoms with Crippen molar-refractivity contribution in [3.8, 4) is 0 Å². The summed E-state index contributed by atoms with van der Waals surface area (Å²) in [6.45, 7) is 0. The van der Waals surface area contributed by atoms with Crippen LogP contribution in [-0.2, 0) is 0 Å². The van der Waals surface area contributed by atoms with Gasteiger partial charge in [-0.05, 0) is 47.0 Å². The van der Waals surface area contributed by atoms with Gasteiger partial charge >= 0.3 is 0 Å². The van der Waals surface area contributed by atoms with Gasteiger partial charge in [-0.2, -0.15) is 0 Å². The molecule has 104 valence electrons. The molecule has 3 nitrogen and oxygen atoms in total. The molecule has 2 rings (SSSR count). The van der Waals surface area contributed by atoms with Crippen LogP contribution < -0.4 is 0 Å². The Kier molecular flexibility index (Phi) is 5.03. The maximum atomic E-state index is 12.5. The fourth-order valence-corrected chi connectivity index (χ4v) is 3.32. The molecule has 19 heavy (non-hydrogen) atoms. The van der Waals surface area contributed by atoms with Crippen molar-refractivity contribution in [2.24, 2.45) is 0 Å². The highest BCUT2D eigenvalue weighted by Gasteiger charge is 2.30. The zero-order valence-electron chi connectivity index (χ0n) is 10.8. The average Bonchev–Trinajstić information content (AvgIpc) is 2.40. The number of aliphatic hydroxyl groups excluding tert-OH is 1. The molecule has 0 bridgehead atoms. The molecule has 1 N–H and O–H groups in total. The molecule has 1 aliphatic rings. The van der Waals surface area contributed by atoms with Crippen LogP contribution in [0, 0.1) is 0 Å². The lowest BCUT2D eigenvalue weighted by atomic mass is 9.91. The van der Waals surface area contributed by atoms with E-state index < -0.39 is 6.10 Å². The highest BCUT2D eigenvalue weighted by atomic mass is 79.9. The van der Waals surface area contributed by atoms with Crippen molar-refractivity contribution in [1.29, 1.82) is 0 Å². The third-order valence-corrected chi connectivity index (χ3v) is 4.86. The smallest absolute Gasteiger partial charge is 0.255 e. The molecular formula is C14H17Br2NO2. The second-order valence-electron chi connectivity index (χ2n) is 4.96. The Bertz CT molecular complexity index is 479. The normalized spacial score (nSPS) is 23.2. The zero-order valence-corrected chi connectivity index (χ0v) is 13.9. The van der Waals surface area contributed by atoms with Crippen molar-refractivity contribution < 1.29 is 9.90 Å². The topological polar surface area (TPSA) is 40.5 Å². The molecule has 0 aliphatic heterocycles. The van der Waals surface area contributed by atoms with Gasteiger partial charge in [0.25, 0.3) is 5.91 Å². The molecule has 1 aromatic rings. The molecule has 0 aromatic heterocycles. The van der Waals surface area contributed by atoms with Crippen molar-refractivity contribution in [3.05, 3.63) is 32.7 Å². The molecule has 0 saturated heterocycles. The van der Waals surface area contributed by atoms with Gasteiger partial charge in [0.2, 0.25) is 0 Å². The summed E-state index contributed by atoms with van der Waals surface area (Å²) in [7, 11) is 1.77. The van der Waals surface area contributed by atoms with Gasteiger partial charge < -0.3 is 10.0 Å². The van der Waals surface area contributed by atoms with Crippen LogP contribution in [0.25, 0.3) is 0 Å². The molecule has 0 heterocycles. The molecule has 0 radical (unpaired) electrons. The highest BCUT2D eigenvalue weighted by molar-refractivity contribution is 9.11. The summed E-state index contributed by atoms with van der Waals surface area (Å²) in [5.41, 5.74) is 0.620. The molecule has 2 unspecified atom stereocenters. The van der Waals surface area contributed by atoms with E-state index in [0.717, 1.165) is 34.6 Å². The lowest BCUT2D eigenvalue weighted by molar-refractivity contribution is 0.0267. The summed E-state index contributed by atoms with van der Waals surface area (Å²) in [6, 6.07) is 5.46. The van der Waals surface area contributed by atoms with Gasteiger partial charge in [0, 0.05) is 16.0 Å². The van der Waals surface area contributed by atoms with Gasteiger partial charge in [-0.3, -0.25) is 4.79 Å². The van der Waals surface area contributed by atoms with Gasteiger partial charge in [0.15, 0.2) is 0 Å². The Hall–Kier alpha value is -0.390. The predicted molar refractivity (Wildman–Crippen MR) is 82.2 cm³/mol. The molecule has 1 saturated carbocycles. The summed E-state index contributed by atoms with van der Waals surface area (Å²) < 4.78 is 1.65. The maximum Gasteiger partial charge on any atom is 0.255 e. The number of halogens is 2. The second-order valence-corrected chi connectivity index (χ2v) is 6.73. The lowest BCUT2D eigenvalue weighted by Gasteiger charge is -2.35. The molecule has 1 aliphatic carbocycles. The Morgan fingerprint density at radius 1 is 1.32 bits per heavy atom. The van der Waals surface area contributed by atoms with Crippen LogP contribution in [0.4, 0.5) is 0 Å². The summed E-state index contributed by atoms with van der Waals surface area (Å²) in [6.07, 6.45) is 3.35. The first kappa shape index (κ1) is 15.0. The molecule has 5 heteroatoms. The van der Waals surface area contributed by atoms with Crippen LogP contribution in [0.15, 0.2) is 27.1 Å². The zero-order chi connectivity index (χ0) is 14.0. The Morgan fingerprint density at radius 2 is 2.00 bits per heavy atom. The molecule has 1 aromatic carbocycles. The number of carbonyl (C=O) groups is 1. The van der Waals surface area contributed by atoms with E-state index in [4.69, 9.17) is 0 Å². The number of hydrogen-bond donors (Lipinski definition) is 1. The Balaban J connectivity index is 2.20. The van der Waals surface area contributed by atoms with Crippen LogP contribution in [0.1, 0.15) is 36.0 Å². The third-order valence-electron chi connectivity index (χ3n) is 3.67. The van der Waals surface area contributed by atoms with Crippen LogP contribution in [0.2, 0.25) is 0 Å². The number of aliphatic hydroxyl groups is 1. The fraction of sp³-hybridized carbons (Fsp3) is 0.500. The van der Waals surface area contributed by atoms with Crippen molar-refractivity contribution in [3.63, 3.8) is 0 Å². The number of rotatable bonds is 2. The van der Waals surface area contributed by atoms with Crippen molar-refractivity contribution >= 4 is 37.8 Å². The summed E-state index contributed by atoms with van der Waals surface area (Å²) >= 11 is 6.79. The number of benzene rings is 1. The molecule has 0 spiro atoms. The Morgan fingerprint density at radius 3 is 2.68 bits per heavy atom. The minimum Gasteiger partial charge on any atom is -0.391 e. The number of nitrogens with zero attached hydrogens (tertiary/aromatic N) is 1. The summed E-state index contributed by atoms with van der Waals surface area (Å²) in [5.74, 6) is -0.0564. The van der Waals surface area contributed by atoms with E-state index in [1.54, 1.807) is 18.0 Å². The van der Waals surface area contributed by atoms with Gasteiger partial charge in [-0.15, -0.1) is 0 Å². The third kappa shape index (κ3) is 3.38. The van der Waals surface area contributed by atoms with Crippen LogP contribution >= 0.6 is 31.9 Å². The van der Waals surface area contributed by atoms with Crippen molar-refractivity contribution in [1.82, 2.24) is 4.90 Å². The number of hydrogen-bond acceptors (Lipinski definition) is 2. The maximum absolute atomic E-state index is 12.5. The first-order valence-electron chi connectivity index (χ1n) is 6.41. The molecule has 1 amide bonds. The SMILES string of the molecule is CN(C(=O)c1cc(Br)ccc1Br)C1CCCCC1O. The summed E-state index contributed by atoms with van der Waals surface area (Å²) in [4.78, 5) is 14.2. The first-order chi connectivity index (χ1) is 9.00. The minimum atomic E-state index is -0.409. The highest BCUT2D eigenvalue weighted by Crippen LogP contribution is 2.27. The monoisotopic (exact) mass is 389 g/mol. The number of likely N-dealkylation sites (N-methyl/N-ethyl adjacent to an activating group) is 1. The van der Waals surface area contributed by atoms with E-state index in [0.29, 0.717) is 5.56 Å². The van der Waals surface area contributed by atoms with E-state index >= 15 is 0 Å². The Labute approximate surface area is 130 Å². The van der Waals surface area contributed by atoms with E-state index in [-0.39, 0.29) is 11.9 Å². The second kappa shape index (κ2) is 6.37. The van der Waals surface area contributed by atoms with E-state index in [9.17, 15) is 9.90 Å².